The van der Waals surface area contributed by atoms with Crippen LogP contribution in [0.3, 0.4) is 0 Å². The molecular formula is C23H18N4OS. The van der Waals surface area contributed by atoms with Gasteiger partial charge in [0.2, 0.25) is 4.80 Å². The van der Waals surface area contributed by atoms with Gasteiger partial charge in [-0.1, -0.05) is 30.3 Å². The summed E-state index contributed by atoms with van der Waals surface area (Å²) in [6.45, 7) is 0. The molecule has 0 bridgehead atoms. The molecule has 0 aliphatic carbocycles. The molecule has 0 spiro atoms. The van der Waals surface area contributed by atoms with Gasteiger partial charge in [0.05, 0.1) is 30.7 Å². The maximum Gasteiger partial charge on any atom is 0.205 e. The molecule has 5 nitrogen and oxygen atoms in total. The first kappa shape index (κ1) is 18.7. The molecule has 0 amide bonds. The van der Waals surface area contributed by atoms with Crippen LogP contribution in [0.4, 0.5) is 0 Å². The van der Waals surface area contributed by atoms with Crippen LogP contribution in [-0.4, -0.2) is 25.0 Å². The number of benzene rings is 3. The van der Waals surface area contributed by atoms with Gasteiger partial charge in [-0.25, -0.2) is 4.68 Å². The number of fused-ring (bicyclic) bond motifs is 1. The average molecular weight is 398 g/mol. The molecule has 0 N–H and O–H groups in total. The van der Waals surface area contributed by atoms with Gasteiger partial charge in [0.15, 0.2) is 0 Å². The molecule has 0 unspecified atom stereocenters. The van der Waals surface area contributed by atoms with Crippen LogP contribution in [0, 0.1) is 11.3 Å². The standard InChI is InChI=1S/C23H18N4OS/c1-25-23-27(26-14-17-5-3-16(13-24)4-6-17)22(15-29-23)20-8-7-19-12-21(28-2)10-9-18(19)11-20/h3-12,14-15H,1-2H3. The Kier molecular flexibility index (Phi) is 5.23. The molecule has 4 aromatic rings. The fourth-order valence-electron chi connectivity index (χ4n) is 3.04. The summed E-state index contributed by atoms with van der Waals surface area (Å²) in [5.74, 6) is 0.843. The van der Waals surface area contributed by atoms with Crippen molar-refractivity contribution in [3.63, 3.8) is 0 Å². The molecule has 6 heteroatoms. The Labute approximate surface area is 172 Å². The Hall–Kier alpha value is -3.69. The van der Waals surface area contributed by atoms with E-state index in [4.69, 9.17) is 10.00 Å². The first-order chi connectivity index (χ1) is 14.2. The van der Waals surface area contributed by atoms with Gasteiger partial charge in [-0.15, -0.1) is 11.3 Å². The number of thiazole rings is 1. The summed E-state index contributed by atoms with van der Waals surface area (Å²) in [5.41, 5.74) is 3.58. The average Bonchev–Trinajstić information content (AvgIpc) is 3.20. The lowest BCUT2D eigenvalue weighted by atomic mass is 10.1. The van der Waals surface area contributed by atoms with Crippen LogP contribution in [0.2, 0.25) is 0 Å². The number of ether oxygens (including phenoxy) is 1. The molecule has 0 aliphatic rings. The summed E-state index contributed by atoms with van der Waals surface area (Å²) in [6, 6.07) is 21.8. The fourth-order valence-corrected chi connectivity index (χ4v) is 3.84. The topological polar surface area (TPSA) is 62.7 Å². The second kappa shape index (κ2) is 8.13. The van der Waals surface area contributed by atoms with Crippen LogP contribution in [0.5, 0.6) is 5.75 Å². The molecule has 0 atom stereocenters. The van der Waals surface area contributed by atoms with E-state index >= 15 is 0 Å². The Balaban J connectivity index is 1.75. The number of nitrogens with zero attached hydrogens (tertiary/aromatic N) is 4. The van der Waals surface area contributed by atoms with E-state index in [9.17, 15) is 0 Å². The van der Waals surface area contributed by atoms with Crippen molar-refractivity contribution >= 4 is 28.3 Å². The molecule has 1 aromatic heterocycles. The van der Waals surface area contributed by atoms with Crippen molar-refractivity contribution in [1.29, 1.82) is 5.26 Å². The van der Waals surface area contributed by atoms with Gasteiger partial charge in [-0.3, -0.25) is 4.99 Å². The molecule has 1 heterocycles. The summed E-state index contributed by atoms with van der Waals surface area (Å²) in [4.78, 5) is 5.15. The number of rotatable bonds is 4. The Morgan fingerprint density at radius 1 is 1.03 bits per heavy atom. The minimum Gasteiger partial charge on any atom is -0.497 e. The van der Waals surface area contributed by atoms with Crippen molar-refractivity contribution in [1.82, 2.24) is 4.68 Å². The van der Waals surface area contributed by atoms with E-state index < -0.39 is 0 Å². The molecule has 4 rings (SSSR count). The zero-order valence-corrected chi connectivity index (χ0v) is 16.9. The highest BCUT2D eigenvalue weighted by atomic mass is 32.1. The third kappa shape index (κ3) is 3.82. The van der Waals surface area contributed by atoms with Crippen LogP contribution in [0.25, 0.3) is 22.0 Å². The molecule has 0 fully saturated rings. The van der Waals surface area contributed by atoms with Crippen molar-refractivity contribution in [2.75, 3.05) is 14.2 Å². The SMILES string of the molecule is CN=c1scc(-c2ccc3cc(OC)ccc3c2)n1N=Cc1ccc(C#N)cc1. The smallest absolute Gasteiger partial charge is 0.205 e. The maximum absolute atomic E-state index is 8.94. The van der Waals surface area contributed by atoms with E-state index in [2.05, 4.69) is 45.8 Å². The van der Waals surface area contributed by atoms with Gasteiger partial charge in [0.25, 0.3) is 0 Å². The minimum atomic E-state index is 0.628. The molecule has 3 aromatic carbocycles. The van der Waals surface area contributed by atoms with Crippen molar-refractivity contribution in [3.8, 4) is 23.1 Å². The highest BCUT2D eigenvalue weighted by Crippen LogP contribution is 2.27. The summed E-state index contributed by atoms with van der Waals surface area (Å²) < 4.78 is 7.15. The van der Waals surface area contributed by atoms with Crippen molar-refractivity contribution < 1.29 is 4.74 Å². The predicted octanol–water partition coefficient (Wildman–Crippen LogP) is 4.66. The molecular weight excluding hydrogens is 380 g/mol. The van der Waals surface area contributed by atoms with Gasteiger partial charge in [-0.05, 0) is 46.7 Å². The molecule has 0 aliphatic heterocycles. The number of nitriles is 1. The monoisotopic (exact) mass is 398 g/mol. The summed E-state index contributed by atoms with van der Waals surface area (Å²) in [7, 11) is 3.43. The second-order valence-corrected chi connectivity index (χ2v) is 7.18. The lowest BCUT2D eigenvalue weighted by Crippen LogP contribution is -2.11. The first-order valence-corrected chi connectivity index (χ1v) is 9.86. The molecule has 0 saturated carbocycles. The van der Waals surface area contributed by atoms with Gasteiger partial charge >= 0.3 is 0 Å². The number of methoxy groups -OCH3 is 1. The Morgan fingerprint density at radius 2 is 1.79 bits per heavy atom. The molecule has 0 saturated heterocycles. The number of hydrogen-bond donors (Lipinski definition) is 0. The van der Waals surface area contributed by atoms with Crippen LogP contribution >= 0.6 is 11.3 Å². The van der Waals surface area contributed by atoms with Gasteiger partial charge in [-0.2, -0.15) is 10.4 Å². The Bertz CT molecular complexity index is 1310. The van der Waals surface area contributed by atoms with Gasteiger partial charge in [0, 0.05) is 18.0 Å². The first-order valence-electron chi connectivity index (χ1n) is 8.98. The lowest BCUT2D eigenvalue weighted by Gasteiger charge is -2.07. The third-order valence-electron chi connectivity index (χ3n) is 4.58. The zero-order chi connectivity index (χ0) is 20.2. The quantitative estimate of drug-likeness (QED) is 0.469. The van der Waals surface area contributed by atoms with Crippen LogP contribution < -0.4 is 9.54 Å². The number of aromatic nitrogens is 1. The van der Waals surface area contributed by atoms with Crippen molar-refractivity contribution in [3.05, 3.63) is 82.0 Å². The normalized spacial score (nSPS) is 11.8. The van der Waals surface area contributed by atoms with E-state index in [1.807, 2.05) is 28.9 Å². The van der Waals surface area contributed by atoms with Crippen molar-refractivity contribution in [2.24, 2.45) is 10.1 Å². The maximum atomic E-state index is 8.94. The highest BCUT2D eigenvalue weighted by molar-refractivity contribution is 7.07. The van der Waals surface area contributed by atoms with E-state index in [0.717, 1.165) is 38.1 Å². The number of hydrogen-bond acceptors (Lipinski definition) is 5. The van der Waals surface area contributed by atoms with E-state index in [1.54, 1.807) is 43.8 Å². The van der Waals surface area contributed by atoms with E-state index in [1.165, 1.54) is 0 Å². The molecule has 142 valence electrons. The Morgan fingerprint density at radius 3 is 2.52 bits per heavy atom. The largest absolute Gasteiger partial charge is 0.497 e. The minimum absolute atomic E-state index is 0.628. The van der Waals surface area contributed by atoms with Gasteiger partial charge in [0.1, 0.15) is 5.75 Å². The molecule has 29 heavy (non-hydrogen) atoms. The van der Waals surface area contributed by atoms with Crippen LogP contribution in [-0.2, 0) is 0 Å². The van der Waals surface area contributed by atoms with Crippen LogP contribution in [0.15, 0.2) is 76.1 Å². The molecule has 0 radical (unpaired) electrons. The third-order valence-corrected chi connectivity index (χ3v) is 5.49. The lowest BCUT2D eigenvalue weighted by molar-refractivity contribution is 0.415. The van der Waals surface area contributed by atoms with Crippen LogP contribution in [0.1, 0.15) is 11.1 Å². The second-order valence-electron chi connectivity index (χ2n) is 6.35. The summed E-state index contributed by atoms with van der Waals surface area (Å²) in [6.07, 6.45) is 1.78. The van der Waals surface area contributed by atoms with Gasteiger partial charge < -0.3 is 4.74 Å². The summed E-state index contributed by atoms with van der Waals surface area (Å²) >= 11 is 1.54. The van der Waals surface area contributed by atoms with E-state index in [0.29, 0.717) is 5.56 Å². The van der Waals surface area contributed by atoms with Crippen molar-refractivity contribution in [2.45, 2.75) is 0 Å². The van der Waals surface area contributed by atoms with E-state index in [-0.39, 0.29) is 0 Å². The summed E-state index contributed by atoms with van der Waals surface area (Å²) in [5, 5.41) is 17.9. The zero-order valence-electron chi connectivity index (χ0n) is 16.0. The predicted molar refractivity (Wildman–Crippen MR) is 117 cm³/mol. The fraction of sp³-hybridized carbons (Fsp3) is 0.0870. The highest BCUT2D eigenvalue weighted by Gasteiger charge is 2.08.